The number of halogens is 5. The minimum Gasteiger partial charge on any atom is -0.508 e. The Labute approximate surface area is 251 Å². The van der Waals surface area contributed by atoms with E-state index in [0.717, 1.165) is 89.5 Å². The SMILES string of the molecule is C[C@]12CC[C@@H]3c4ccc(O)cc4CC(CCCCCN4CCC[C@H]4CSCCCC(F)(F)C(F)(F)F)[C@H]3[C@@H]1CCC2=O. The number of thioether (sulfide) groups is 1. The van der Waals surface area contributed by atoms with Crippen LogP contribution in [0.1, 0.15) is 101 Å². The third kappa shape index (κ3) is 6.67. The van der Waals surface area contributed by atoms with E-state index in [1.807, 2.05) is 12.1 Å². The van der Waals surface area contributed by atoms with Crippen molar-refractivity contribution in [1.29, 1.82) is 0 Å². The predicted molar refractivity (Wildman–Crippen MR) is 157 cm³/mol. The summed E-state index contributed by atoms with van der Waals surface area (Å²) >= 11 is 1.50. The lowest BCUT2D eigenvalue weighted by Crippen LogP contribution is -2.46. The summed E-state index contributed by atoms with van der Waals surface area (Å²) in [5.74, 6) is -0.700. The average Bonchev–Trinajstić information content (AvgIpc) is 3.50. The van der Waals surface area contributed by atoms with Crippen molar-refractivity contribution in [3.63, 3.8) is 0 Å². The second kappa shape index (κ2) is 12.9. The fourth-order valence-corrected chi connectivity index (χ4v) is 10.0. The highest BCUT2D eigenvalue weighted by atomic mass is 32.2. The van der Waals surface area contributed by atoms with Crippen molar-refractivity contribution >= 4 is 17.5 Å². The maximum absolute atomic E-state index is 13.1. The summed E-state index contributed by atoms with van der Waals surface area (Å²) in [6, 6.07) is 6.28. The molecule has 1 aromatic carbocycles. The van der Waals surface area contributed by atoms with Crippen LogP contribution in [0.2, 0.25) is 0 Å². The molecule has 2 saturated carbocycles. The summed E-state index contributed by atoms with van der Waals surface area (Å²) in [5, 5.41) is 10.2. The molecule has 5 rings (SSSR count). The number of aromatic hydroxyl groups is 1. The first-order valence-electron chi connectivity index (χ1n) is 16.0. The van der Waals surface area contributed by atoms with Crippen molar-refractivity contribution in [2.75, 3.05) is 24.6 Å². The van der Waals surface area contributed by atoms with E-state index in [1.165, 1.54) is 22.9 Å². The number of rotatable bonds is 12. The number of ketones is 1. The molecule has 3 aliphatic carbocycles. The first-order chi connectivity index (χ1) is 19.9. The molecule has 42 heavy (non-hydrogen) atoms. The fraction of sp³-hybridized carbons (Fsp3) is 0.788. The van der Waals surface area contributed by atoms with Gasteiger partial charge in [-0.15, -0.1) is 0 Å². The molecule has 0 radical (unpaired) electrons. The Morgan fingerprint density at radius 2 is 1.88 bits per heavy atom. The van der Waals surface area contributed by atoms with Gasteiger partial charge >= 0.3 is 12.1 Å². The normalized spacial score (nSPS) is 31.7. The van der Waals surface area contributed by atoms with Crippen molar-refractivity contribution in [1.82, 2.24) is 4.90 Å². The maximum atomic E-state index is 13.1. The summed E-state index contributed by atoms with van der Waals surface area (Å²) in [5.41, 5.74) is 2.51. The van der Waals surface area contributed by atoms with E-state index >= 15 is 0 Å². The minimum absolute atomic E-state index is 0.134. The Morgan fingerprint density at radius 1 is 1.07 bits per heavy atom. The molecular formula is C33H46F5NO2S. The Balaban J connectivity index is 1.08. The number of fused-ring (bicyclic) bond motifs is 5. The third-order valence-electron chi connectivity index (χ3n) is 11.1. The monoisotopic (exact) mass is 615 g/mol. The molecule has 1 saturated heterocycles. The molecule has 0 amide bonds. The fourth-order valence-electron chi connectivity index (χ4n) is 8.87. The number of likely N-dealkylation sites (tertiary alicyclic amines) is 1. The van der Waals surface area contributed by atoms with Gasteiger partial charge in [0, 0.05) is 30.1 Å². The number of nitrogens with zero attached hydrogens (tertiary/aromatic N) is 1. The predicted octanol–water partition coefficient (Wildman–Crippen LogP) is 8.78. The second-order valence-corrected chi connectivity index (χ2v) is 14.8. The summed E-state index contributed by atoms with van der Waals surface area (Å²) < 4.78 is 63.3. The first-order valence-corrected chi connectivity index (χ1v) is 17.2. The number of phenolic OH excluding ortho intramolecular Hbond substituents is 1. The molecule has 3 nitrogen and oxygen atoms in total. The van der Waals surface area contributed by atoms with Crippen LogP contribution in [0.3, 0.4) is 0 Å². The van der Waals surface area contributed by atoms with Gasteiger partial charge in [-0.2, -0.15) is 33.7 Å². The number of hydrogen-bond acceptors (Lipinski definition) is 4. The molecule has 9 heteroatoms. The Morgan fingerprint density at radius 3 is 2.67 bits per heavy atom. The molecular weight excluding hydrogens is 569 g/mol. The number of carbonyl (C=O) groups is 1. The van der Waals surface area contributed by atoms with Crippen molar-refractivity contribution in [3.05, 3.63) is 29.3 Å². The number of carbonyl (C=O) groups excluding carboxylic acids is 1. The molecule has 1 N–H and O–H groups in total. The van der Waals surface area contributed by atoms with Crippen LogP contribution in [0, 0.1) is 23.2 Å². The highest BCUT2D eigenvalue weighted by Gasteiger charge is 2.57. The van der Waals surface area contributed by atoms with Gasteiger partial charge in [-0.3, -0.25) is 9.69 Å². The van der Waals surface area contributed by atoms with Gasteiger partial charge in [-0.05, 0) is 124 Å². The van der Waals surface area contributed by atoms with Crippen LogP contribution in [0.25, 0.3) is 0 Å². The van der Waals surface area contributed by atoms with Crippen LogP contribution in [0.4, 0.5) is 22.0 Å². The van der Waals surface area contributed by atoms with Crippen LogP contribution in [0.5, 0.6) is 5.75 Å². The van der Waals surface area contributed by atoms with Gasteiger partial charge in [0.05, 0.1) is 0 Å². The van der Waals surface area contributed by atoms with Crippen molar-refractivity contribution in [2.45, 2.75) is 114 Å². The number of hydrogen-bond donors (Lipinski definition) is 1. The van der Waals surface area contributed by atoms with Gasteiger partial charge in [-0.1, -0.05) is 25.8 Å². The maximum Gasteiger partial charge on any atom is 0.453 e. The Bertz CT molecular complexity index is 1100. The summed E-state index contributed by atoms with van der Waals surface area (Å²) in [4.78, 5) is 15.4. The van der Waals surface area contributed by atoms with Crippen LogP contribution in [-0.4, -0.2) is 58.5 Å². The van der Waals surface area contributed by atoms with Crippen molar-refractivity contribution in [2.24, 2.45) is 23.2 Å². The molecule has 0 spiro atoms. The second-order valence-electron chi connectivity index (χ2n) is 13.6. The molecule has 236 valence electrons. The van der Waals surface area contributed by atoms with Crippen LogP contribution < -0.4 is 0 Å². The number of benzene rings is 1. The zero-order valence-corrected chi connectivity index (χ0v) is 25.6. The molecule has 3 fully saturated rings. The standard InChI is InChI=1S/C33H46F5NO2S/c1-31-15-13-27-26-10-9-25(40)20-23(26)19-22(30(27)28(31)11-12-29(31)41)7-3-2-4-16-39-17-5-8-24(39)21-42-18-6-14-32(34,35)33(36,37)38/h9-10,20,22,24,27-28,30,40H,2-8,11-19,21H2,1H3/t22?,24-,27+,28-,30+,31-/m0/s1. The van der Waals surface area contributed by atoms with Gasteiger partial charge in [0.1, 0.15) is 11.5 Å². The van der Waals surface area contributed by atoms with Crippen molar-refractivity contribution < 1.29 is 31.9 Å². The van der Waals surface area contributed by atoms with E-state index in [4.69, 9.17) is 0 Å². The van der Waals surface area contributed by atoms with Gasteiger partial charge < -0.3 is 5.11 Å². The zero-order valence-electron chi connectivity index (χ0n) is 24.7. The molecule has 4 aliphatic rings. The summed E-state index contributed by atoms with van der Waals surface area (Å²) in [7, 11) is 0. The van der Waals surface area contributed by atoms with Gasteiger partial charge in [0.15, 0.2) is 0 Å². The Hall–Kier alpha value is -1.35. The summed E-state index contributed by atoms with van der Waals surface area (Å²) in [6.45, 7) is 4.24. The van der Waals surface area contributed by atoms with Gasteiger partial charge in [0.2, 0.25) is 0 Å². The molecule has 6 atom stereocenters. The lowest BCUT2D eigenvalue weighted by Gasteiger charge is -2.51. The molecule has 1 aliphatic heterocycles. The zero-order chi connectivity index (χ0) is 30.1. The molecule has 0 bridgehead atoms. The Kier molecular flexibility index (Phi) is 9.88. The van der Waals surface area contributed by atoms with Crippen LogP contribution in [-0.2, 0) is 11.2 Å². The lowest BCUT2D eigenvalue weighted by atomic mass is 9.52. The topological polar surface area (TPSA) is 40.5 Å². The number of phenols is 1. The molecule has 0 aromatic heterocycles. The molecule has 1 heterocycles. The molecule has 1 aromatic rings. The van der Waals surface area contributed by atoms with Crippen molar-refractivity contribution in [3.8, 4) is 5.75 Å². The molecule has 1 unspecified atom stereocenters. The number of Topliss-reactive ketones (excluding diaryl/α,β-unsaturated/α-hetero) is 1. The van der Waals surface area contributed by atoms with E-state index in [-0.39, 0.29) is 11.8 Å². The van der Waals surface area contributed by atoms with E-state index in [1.54, 1.807) is 0 Å². The highest BCUT2D eigenvalue weighted by molar-refractivity contribution is 7.99. The third-order valence-corrected chi connectivity index (χ3v) is 12.3. The van der Waals surface area contributed by atoms with E-state index in [9.17, 15) is 31.9 Å². The van der Waals surface area contributed by atoms with E-state index < -0.39 is 18.5 Å². The average molecular weight is 616 g/mol. The highest BCUT2D eigenvalue weighted by Crippen LogP contribution is 2.61. The summed E-state index contributed by atoms with van der Waals surface area (Å²) in [6.07, 6.45) is 4.67. The number of alkyl halides is 5. The van der Waals surface area contributed by atoms with E-state index in [0.29, 0.717) is 47.0 Å². The minimum atomic E-state index is -5.46. The van der Waals surface area contributed by atoms with Crippen LogP contribution >= 0.6 is 11.8 Å². The quantitative estimate of drug-likeness (QED) is 0.189. The lowest BCUT2D eigenvalue weighted by molar-refractivity contribution is -0.284. The van der Waals surface area contributed by atoms with Gasteiger partial charge in [0.25, 0.3) is 0 Å². The largest absolute Gasteiger partial charge is 0.508 e. The van der Waals surface area contributed by atoms with E-state index in [2.05, 4.69) is 17.9 Å². The number of unbranched alkanes of at least 4 members (excludes halogenated alkanes) is 2. The van der Waals surface area contributed by atoms with Crippen LogP contribution in [0.15, 0.2) is 18.2 Å². The first kappa shape index (κ1) is 32.1. The smallest absolute Gasteiger partial charge is 0.453 e. The van der Waals surface area contributed by atoms with Gasteiger partial charge in [-0.25, -0.2) is 0 Å².